The zero-order valence-electron chi connectivity index (χ0n) is 10.4. The molecule has 1 N–H and O–H groups in total. The topological polar surface area (TPSA) is 29.5 Å². The number of aryl methyl sites for hydroxylation is 1. The van der Waals surface area contributed by atoms with Gasteiger partial charge in [-0.05, 0) is 41.8 Å². The lowest BCUT2D eigenvalue weighted by atomic mass is 10.00. The van der Waals surface area contributed by atoms with E-state index in [1.807, 2.05) is 19.1 Å². The van der Waals surface area contributed by atoms with Crippen LogP contribution in [0.4, 0.5) is 4.39 Å². The zero-order valence-corrected chi connectivity index (χ0v) is 10.4. The average molecular weight is 246 g/mol. The fraction of sp³-hybridized carbons (Fsp3) is 0.200. The molecule has 0 bridgehead atoms. The van der Waals surface area contributed by atoms with E-state index < -0.39 is 6.10 Å². The van der Waals surface area contributed by atoms with Gasteiger partial charge in [-0.25, -0.2) is 4.39 Å². The number of aliphatic hydroxyl groups excluding tert-OH is 1. The highest BCUT2D eigenvalue weighted by Gasteiger charge is 2.12. The van der Waals surface area contributed by atoms with Gasteiger partial charge in [-0.15, -0.1) is 0 Å². The molecule has 3 heteroatoms. The van der Waals surface area contributed by atoms with Gasteiger partial charge in [-0.3, -0.25) is 0 Å². The SMILES string of the molecule is COc1cc(C(O)c2cccc(F)c2)ccc1C. The standard InChI is InChI=1S/C15H15FO2/c1-10-6-7-12(9-14(10)18-2)15(17)11-4-3-5-13(16)8-11/h3-9,15,17H,1-2H3. The van der Waals surface area contributed by atoms with Crippen LogP contribution in [0.5, 0.6) is 5.75 Å². The molecule has 0 aliphatic rings. The second-order valence-corrected chi connectivity index (χ2v) is 4.19. The molecule has 1 atom stereocenters. The van der Waals surface area contributed by atoms with E-state index in [1.165, 1.54) is 12.1 Å². The number of rotatable bonds is 3. The maximum absolute atomic E-state index is 13.1. The van der Waals surface area contributed by atoms with E-state index in [1.54, 1.807) is 25.3 Å². The zero-order chi connectivity index (χ0) is 13.1. The molecule has 0 saturated carbocycles. The third kappa shape index (κ3) is 2.51. The van der Waals surface area contributed by atoms with Crippen molar-refractivity contribution in [3.05, 3.63) is 65.0 Å². The largest absolute Gasteiger partial charge is 0.496 e. The van der Waals surface area contributed by atoms with Gasteiger partial charge in [0, 0.05) is 0 Å². The number of hydrogen-bond donors (Lipinski definition) is 1. The molecule has 0 fully saturated rings. The lowest BCUT2D eigenvalue weighted by molar-refractivity contribution is 0.219. The van der Waals surface area contributed by atoms with Gasteiger partial charge >= 0.3 is 0 Å². The summed E-state index contributed by atoms with van der Waals surface area (Å²) < 4.78 is 18.3. The third-order valence-corrected chi connectivity index (χ3v) is 2.91. The molecule has 0 aromatic heterocycles. The highest BCUT2D eigenvalue weighted by molar-refractivity contribution is 5.40. The Morgan fingerprint density at radius 3 is 2.50 bits per heavy atom. The van der Waals surface area contributed by atoms with Crippen LogP contribution in [-0.4, -0.2) is 12.2 Å². The number of aliphatic hydroxyl groups is 1. The normalized spacial score (nSPS) is 12.2. The summed E-state index contributed by atoms with van der Waals surface area (Å²) in [5.74, 6) is 0.355. The predicted molar refractivity (Wildman–Crippen MR) is 68.2 cm³/mol. The van der Waals surface area contributed by atoms with E-state index >= 15 is 0 Å². The highest BCUT2D eigenvalue weighted by atomic mass is 19.1. The Morgan fingerprint density at radius 1 is 1.11 bits per heavy atom. The van der Waals surface area contributed by atoms with Crippen LogP contribution in [0.3, 0.4) is 0 Å². The van der Waals surface area contributed by atoms with Gasteiger partial charge in [0.25, 0.3) is 0 Å². The molecular formula is C15H15FO2. The Kier molecular flexibility index (Phi) is 3.63. The first kappa shape index (κ1) is 12.6. The molecule has 2 aromatic rings. The summed E-state index contributed by atoms with van der Waals surface area (Å²) in [6.07, 6.45) is -0.852. The Balaban J connectivity index is 2.36. The van der Waals surface area contributed by atoms with Gasteiger partial charge in [-0.2, -0.15) is 0 Å². The van der Waals surface area contributed by atoms with Crippen LogP contribution in [0.2, 0.25) is 0 Å². The first-order valence-electron chi connectivity index (χ1n) is 5.70. The maximum atomic E-state index is 13.1. The van der Waals surface area contributed by atoms with Gasteiger partial charge in [0.15, 0.2) is 0 Å². The fourth-order valence-electron chi connectivity index (χ4n) is 1.88. The summed E-state index contributed by atoms with van der Waals surface area (Å²) in [4.78, 5) is 0. The molecule has 0 heterocycles. The minimum atomic E-state index is -0.852. The average Bonchev–Trinajstić information content (AvgIpc) is 2.38. The molecule has 0 radical (unpaired) electrons. The van der Waals surface area contributed by atoms with Crippen LogP contribution in [0, 0.1) is 12.7 Å². The number of halogens is 1. The minimum absolute atomic E-state index is 0.356. The molecule has 0 aliphatic carbocycles. The fourth-order valence-corrected chi connectivity index (χ4v) is 1.88. The lowest BCUT2D eigenvalue weighted by Crippen LogP contribution is -2.01. The molecule has 94 valence electrons. The predicted octanol–water partition coefficient (Wildman–Crippen LogP) is 3.22. The summed E-state index contributed by atoms with van der Waals surface area (Å²) in [7, 11) is 1.58. The van der Waals surface area contributed by atoms with Crippen molar-refractivity contribution in [3.8, 4) is 5.75 Å². The number of benzene rings is 2. The van der Waals surface area contributed by atoms with Crippen LogP contribution in [0.1, 0.15) is 22.8 Å². The molecule has 0 aliphatic heterocycles. The van der Waals surface area contributed by atoms with Crippen molar-refractivity contribution in [2.24, 2.45) is 0 Å². The summed E-state index contributed by atoms with van der Waals surface area (Å²) in [5, 5.41) is 10.2. The molecule has 0 amide bonds. The summed E-state index contributed by atoms with van der Waals surface area (Å²) in [6.45, 7) is 1.93. The molecule has 1 unspecified atom stereocenters. The molecular weight excluding hydrogens is 231 g/mol. The van der Waals surface area contributed by atoms with Crippen molar-refractivity contribution < 1.29 is 14.2 Å². The van der Waals surface area contributed by atoms with Crippen LogP contribution >= 0.6 is 0 Å². The summed E-state index contributed by atoms with van der Waals surface area (Å²) in [6, 6.07) is 11.4. The monoisotopic (exact) mass is 246 g/mol. The summed E-state index contributed by atoms with van der Waals surface area (Å²) in [5.41, 5.74) is 2.21. The van der Waals surface area contributed by atoms with Gasteiger partial charge in [-0.1, -0.05) is 24.3 Å². The second kappa shape index (κ2) is 5.19. The smallest absolute Gasteiger partial charge is 0.123 e. The molecule has 18 heavy (non-hydrogen) atoms. The minimum Gasteiger partial charge on any atom is -0.496 e. The Morgan fingerprint density at radius 2 is 1.83 bits per heavy atom. The molecule has 2 aromatic carbocycles. The highest BCUT2D eigenvalue weighted by Crippen LogP contribution is 2.27. The molecule has 2 rings (SSSR count). The first-order chi connectivity index (χ1) is 8.61. The van der Waals surface area contributed by atoms with Gasteiger partial charge < -0.3 is 9.84 Å². The van der Waals surface area contributed by atoms with Crippen molar-refractivity contribution in [2.45, 2.75) is 13.0 Å². The van der Waals surface area contributed by atoms with Crippen LogP contribution in [-0.2, 0) is 0 Å². The second-order valence-electron chi connectivity index (χ2n) is 4.19. The number of methoxy groups -OCH3 is 1. The Hall–Kier alpha value is -1.87. The number of ether oxygens (including phenoxy) is 1. The Bertz CT molecular complexity index is 552. The van der Waals surface area contributed by atoms with Crippen LogP contribution < -0.4 is 4.74 Å². The molecule has 2 nitrogen and oxygen atoms in total. The third-order valence-electron chi connectivity index (χ3n) is 2.91. The van der Waals surface area contributed by atoms with Crippen molar-refractivity contribution >= 4 is 0 Å². The van der Waals surface area contributed by atoms with E-state index in [0.717, 1.165) is 5.56 Å². The van der Waals surface area contributed by atoms with Gasteiger partial charge in [0.05, 0.1) is 7.11 Å². The van der Waals surface area contributed by atoms with Crippen molar-refractivity contribution in [3.63, 3.8) is 0 Å². The van der Waals surface area contributed by atoms with Gasteiger partial charge in [0.1, 0.15) is 17.7 Å². The quantitative estimate of drug-likeness (QED) is 0.901. The number of hydrogen-bond acceptors (Lipinski definition) is 2. The maximum Gasteiger partial charge on any atom is 0.123 e. The van der Waals surface area contributed by atoms with Crippen LogP contribution in [0.25, 0.3) is 0 Å². The summed E-state index contributed by atoms with van der Waals surface area (Å²) >= 11 is 0. The van der Waals surface area contributed by atoms with Gasteiger partial charge in [0.2, 0.25) is 0 Å². The van der Waals surface area contributed by atoms with E-state index in [9.17, 15) is 9.50 Å². The van der Waals surface area contributed by atoms with Crippen molar-refractivity contribution in [1.82, 2.24) is 0 Å². The van der Waals surface area contributed by atoms with E-state index in [4.69, 9.17) is 4.74 Å². The molecule has 0 saturated heterocycles. The Labute approximate surface area is 106 Å². The van der Waals surface area contributed by atoms with E-state index in [2.05, 4.69) is 0 Å². The van der Waals surface area contributed by atoms with E-state index in [0.29, 0.717) is 16.9 Å². The molecule has 0 spiro atoms. The van der Waals surface area contributed by atoms with Crippen LogP contribution in [0.15, 0.2) is 42.5 Å². The lowest BCUT2D eigenvalue weighted by Gasteiger charge is -2.14. The van der Waals surface area contributed by atoms with Crippen molar-refractivity contribution in [2.75, 3.05) is 7.11 Å². The van der Waals surface area contributed by atoms with E-state index in [-0.39, 0.29) is 5.82 Å². The first-order valence-corrected chi connectivity index (χ1v) is 5.70. The van der Waals surface area contributed by atoms with Crippen molar-refractivity contribution in [1.29, 1.82) is 0 Å².